The molecule has 0 unspecified atom stereocenters. The number of ether oxygens (including phenoxy) is 2. The van der Waals surface area contributed by atoms with E-state index in [1.54, 1.807) is 35.7 Å². The highest BCUT2D eigenvalue weighted by molar-refractivity contribution is 9.10. The Kier molecular flexibility index (Phi) is 5.69. The molecule has 3 heterocycles. The Balaban J connectivity index is 1.72. The standard InChI is InChI=1S/C21H15BrF3N3O3S2/c22-13-2-1-12-15(16(13)23)21(32-5-6-33-21)4-3-20(12)10-30-19(29)28(20)17-14(31-18(24)25)7-11(8-26)9-27-17/h1-2,7,9,18H,3-6,10H2/t20-/m1/s1. The number of fused-ring (bicyclic) bond motifs is 3. The van der Waals surface area contributed by atoms with Crippen LogP contribution in [0, 0.1) is 17.1 Å². The molecule has 2 aliphatic heterocycles. The molecule has 5 rings (SSSR count). The number of anilines is 1. The number of halogens is 4. The van der Waals surface area contributed by atoms with Gasteiger partial charge in [0.05, 0.1) is 14.1 Å². The number of pyridine rings is 1. The van der Waals surface area contributed by atoms with Crippen LogP contribution in [-0.2, 0) is 14.4 Å². The number of carbonyl (C=O) groups is 1. The van der Waals surface area contributed by atoms with Crippen LogP contribution in [-0.4, -0.2) is 35.8 Å². The van der Waals surface area contributed by atoms with Crippen LogP contribution < -0.4 is 9.64 Å². The summed E-state index contributed by atoms with van der Waals surface area (Å²) in [6.07, 6.45) is 1.31. The first-order chi connectivity index (χ1) is 15.8. The van der Waals surface area contributed by atoms with E-state index in [0.717, 1.165) is 17.6 Å². The van der Waals surface area contributed by atoms with Gasteiger partial charge in [-0.3, -0.25) is 0 Å². The molecule has 172 valence electrons. The number of nitriles is 1. The van der Waals surface area contributed by atoms with Gasteiger partial charge in [0.25, 0.3) is 0 Å². The summed E-state index contributed by atoms with van der Waals surface area (Å²) in [6, 6.07) is 6.24. The number of hydrogen-bond donors (Lipinski definition) is 0. The molecule has 2 spiro atoms. The normalized spacial score (nSPS) is 23.2. The van der Waals surface area contributed by atoms with Gasteiger partial charge in [-0.2, -0.15) is 14.0 Å². The van der Waals surface area contributed by atoms with Crippen molar-refractivity contribution >= 4 is 51.4 Å². The van der Waals surface area contributed by atoms with Crippen LogP contribution in [0.1, 0.15) is 29.5 Å². The summed E-state index contributed by atoms with van der Waals surface area (Å²) < 4.78 is 51.7. The fraction of sp³-hybridized carbons (Fsp3) is 0.381. The zero-order valence-electron chi connectivity index (χ0n) is 16.8. The van der Waals surface area contributed by atoms with Gasteiger partial charge < -0.3 is 9.47 Å². The average molecular weight is 558 g/mol. The Bertz CT molecular complexity index is 1190. The first-order valence-corrected chi connectivity index (χ1v) is 12.7. The molecule has 0 radical (unpaired) electrons. The molecule has 6 nitrogen and oxygen atoms in total. The van der Waals surface area contributed by atoms with Gasteiger partial charge in [-0.1, -0.05) is 6.07 Å². The minimum Gasteiger partial charge on any atom is -0.446 e. The summed E-state index contributed by atoms with van der Waals surface area (Å²) in [4.78, 5) is 18.3. The predicted octanol–water partition coefficient (Wildman–Crippen LogP) is 5.73. The van der Waals surface area contributed by atoms with Crippen molar-refractivity contribution < 1.29 is 27.4 Å². The number of aromatic nitrogens is 1. The molecule has 2 aromatic rings. The fourth-order valence-electron chi connectivity index (χ4n) is 4.69. The molecule has 1 aromatic carbocycles. The van der Waals surface area contributed by atoms with E-state index in [4.69, 9.17) is 10.00 Å². The largest absolute Gasteiger partial charge is 0.446 e. The molecule has 1 amide bonds. The van der Waals surface area contributed by atoms with Crippen LogP contribution in [0.4, 0.5) is 23.8 Å². The van der Waals surface area contributed by atoms with Crippen LogP contribution in [0.25, 0.3) is 0 Å². The van der Waals surface area contributed by atoms with Crippen LogP contribution in [0.3, 0.4) is 0 Å². The zero-order valence-corrected chi connectivity index (χ0v) is 20.0. The molecule has 0 bridgehead atoms. The van der Waals surface area contributed by atoms with E-state index in [1.807, 2.05) is 6.07 Å². The first-order valence-electron chi connectivity index (χ1n) is 9.90. The van der Waals surface area contributed by atoms with E-state index in [1.165, 1.54) is 11.1 Å². The van der Waals surface area contributed by atoms with Gasteiger partial charge in [0.1, 0.15) is 24.0 Å². The number of carbonyl (C=O) groups excluding carboxylic acids is 1. The monoisotopic (exact) mass is 557 g/mol. The van der Waals surface area contributed by atoms with E-state index in [0.29, 0.717) is 28.4 Å². The number of alkyl halides is 2. The number of benzene rings is 1. The summed E-state index contributed by atoms with van der Waals surface area (Å²) in [5.74, 6) is 0.696. The number of amides is 1. The van der Waals surface area contributed by atoms with E-state index in [2.05, 4.69) is 25.7 Å². The summed E-state index contributed by atoms with van der Waals surface area (Å²) in [5.41, 5.74) is -0.141. The maximum absolute atomic E-state index is 15.6. The molecule has 0 N–H and O–H groups in total. The van der Waals surface area contributed by atoms with Crippen molar-refractivity contribution in [2.75, 3.05) is 23.0 Å². The number of hydrogen-bond acceptors (Lipinski definition) is 7. The lowest BCUT2D eigenvalue weighted by molar-refractivity contribution is -0.0497. The van der Waals surface area contributed by atoms with E-state index >= 15 is 4.39 Å². The molecule has 2 fully saturated rings. The van der Waals surface area contributed by atoms with Gasteiger partial charge in [-0.25, -0.2) is 19.1 Å². The van der Waals surface area contributed by atoms with Crippen molar-refractivity contribution in [1.29, 1.82) is 5.26 Å². The van der Waals surface area contributed by atoms with Gasteiger partial charge in [0, 0.05) is 29.3 Å². The minimum atomic E-state index is -3.20. The summed E-state index contributed by atoms with van der Waals surface area (Å²) in [7, 11) is 0. The third-order valence-corrected chi connectivity index (χ3v) is 10.2. The number of cyclic esters (lactones) is 1. The quantitative estimate of drug-likeness (QED) is 0.476. The fourth-order valence-corrected chi connectivity index (χ4v) is 8.36. The van der Waals surface area contributed by atoms with Crippen LogP contribution in [0.15, 0.2) is 28.9 Å². The second kappa shape index (κ2) is 8.29. The molecule has 1 aromatic heterocycles. The van der Waals surface area contributed by atoms with Gasteiger partial charge in [-0.05, 0) is 40.4 Å². The molecule has 0 saturated carbocycles. The smallest absolute Gasteiger partial charge is 0.416 e. The van der Waals surface area contributed by atoms with Crippen molar-refractivity contribution in [1.82, 2.24) is 4.98 Å². The van der Waals surface area contributed by atoms with Gasteiger partial charge in [0.15, 0.2) is 11.6 Å². The highest BCUT2D eigenvalue weighted by atomic mass is 79.9. The van der Waals surface area contributed by atoms with Crippen molar-refractivity contribution in [3.8, 4) is 11.8 Å². The highest BCUT2D eigenvalue weighted by Gasteiger charge is 2.59. The van der Waals surface area contributed by atoms with Crippen molar-refractivity contribution in [2.24, 2.45) is 0 Å². The number of thioether (sulfide) groups is 2. The lowest BCUT2D eigenvalue weighted by Gasteiger charge is -2.46. The number of nitrogens with zero attached hydrogens (tertiary/aromatic N) is 3. The molecule has 3 aliphatic rings. The van der Waals surface area contributed by atoms with Crippen LogP contribution in [0.5, 0.6) is 5.75 Å². The third kappa shape index (κ3) is 3.47. The van der Waals surface area contributed by atoms with Gasteiger partial charge >= 0.3 is 12.7 Å². The van der Waals surface area contributed by atoms with Crippen molar-refractivity contribution in [3.05, 3.63) is 51.4 Å². The second-order valence-electron chi connectivity index (χ2n) is 7.69. The Morgan fingerprint density at radius 3 is 2.76 bits per heavy atom. The Labute approximate surface area is 203 Å². The molecular formula is C21H15BrF3N3O3S2. The van der Waals surface area contributed by atoms with E-state index in [9.17, 15) is 13.6 Å². The molecule has 12 heteroatoms. The predicted molar refractivity (Wildman–Crippen MR) is 121 cm³/mol. The third-order valence-electron chi connectivity index (χ3n) is 6.03. The maximum Gasteiger partial charge on any atom is 0.416 e. The van der Waals surface area contributed by atoms with E-state index < -0.39 is 33.9 Å². The molecule has 1 atom stereocenters. The van der Waals surface area contributed by atoms with Gasteiger partial charge in [0.2, 0.25) is 0 Å². The average Bonchev–Trinajstić information content (AvgIpc) is 3.38. The lowest BCUT2D eigenvalue weighted by atomic mass is 9.75. The Morgan fingerprint density at radius 1 is 1.30 bits per heavy atom. The minimum absolute atomic E-state index is 0.00672. The second-order valence-corrected chi connectivity index (χ2v) is 11.6. The summed E-state index contributed by atoms with van der Waals surface area (Å²) >= 11 is 6.62. The van der Waals surface area contributed by atoms with Crippen LogP contribution >= 0.6 is 39.5 Å². The van der Waals surface area contributed by atoms with Gasteiger partial charge in [-0.15, -0.1) is 23.5 Å². The Hall–Kier alpha value is -2.10. The number of rotatable bonds is 3. The lowest BCUT2D eigenvalue weighted by Crippen LogP contribution is -2.50. The molecular weight excluding hydrogens is 543 g/mol. The summed E-state index contributed by atoms with van der Waals surface area (Å²) in [5, 5.41) is 9.16. The Morgan fingerprint density at radius 2 is 2.06 bits per heavy atom. The summed E-state index contributed by atoms with van der Waals surface area (Å²) in [6.45, 7) is -3.29. The first kappa shape index (κ1) is 22.7. The molecule has 33 heavy (non-hydrogen) atoms. The zero-order chi connectivity index (χ0) is 23.4. The highest BCUT2D eigenvalue weighted by Crippen LogP contribution is 2.63. The SMILES string of the molecule is N#Cc1cnc(N2C(=O)OC[C@@]23CCC2(SCCS2)c2c3ccc(Br)c2F)c(OC(F)F)c1. The topological polar surface area (TPSA) is 75.5 Å². The molecule has 2 saturated heterocycles. The van der Waals surface area contributed by atoms with Crippen molar-refractivity contribution in [2.45, 2.75) is 29.1 Å². The van der Waals surface area contributed by atoms with Crippen molar-refractivity contribution in [3.63, 3.8) is 0 Å². The maximum atomic E-state index is 15.6. The van der Waals surface area contributed by atoms with E-state index in [-0.39, 0.29) is 18.0 Å². The molecule has 1 aliphatic carbocycles. The van der Waals surface area contributed by atoms with Crippen LogP contribution in [0.2, 0.25) is 0 Å².